The number of hydrogen-bond acceptors (Lipinski definition) is 4. The Morgan fingerprint density at radius 3 is 2.62 bits per heavy atom. The molecule has 1 amide bonds. The van der Waals surface area contributed by atoms with Gasteiger partial charge in [-0.3, -0.25) is 9.69 Å². The Morgan fingerprint density at radius 1 is 1.33 bits per heavy atom. The average Bonchev–Trinajstić information content (AvgIpc) is 3.01. The SMILES string of the molecule is COc1ccc(NC(=O)CN(C)C(C)c2cccs2)cc1. The van der Waals surface area contributed by atoms with E-state index in [0.717, 1.165) is 11.4 Å². The molecule has 0 aliphatic carbocycles. The lowest BCUT2D eigenvalue weighted by Gasteiger charge is -2.23. The second-order valence-corrected chi connectivity index (χ2v) is 5.86. The van der Waals surface area contributed by atoms with Gasteiger partial charge in [-0.2, -0.15) is 0 Å². The van der Waals surface area contributed by atoms with Crippen molar-refractivity contribution in [2.45, 2.75) is 13.0 Å². The Kier molecular flexibility index (Phi) is 5.36. The van der Waals surface area contributed by atoms with Crippen LogP contribution in [0.4, 0.5) is 5.69 Å². The van der Waals surface area contributed by atoms with E-state index >= 15 is 0 Å². The van der Waals surface area contributed by atoms with E-state index in [0.29, 0.717) is 6.54 Å². The number of amides is 1. The van der Waals surface area contributed by atoms with Crippen LogP contribution in [0.3, 0.4) is 0 Å². The molecule has 0 radical (unpaired) electrons. The Balaban J connectivity index is 1.88. The number of thiophene rings is 1. The third-order valence-corrected chi connectivity index (χ3v) is 4.43. The molecule has 5 heteroatoms. The number of likely N-dealkylation sites (N-methyl/N-ethyl adjacent to an activating group) is 1. The van der Waals surface area contributed by atoms with Gasteiger partial charge < -0.3 is 10.1 Å². The minimum atomic E-state index is -0.0222. The van der Waals surface area contributed by atoms with Crippen molar-refractivity contribution in [2.75, 3.05) is 26.0 Å². The fourth-order valence-corrected chi connectivity index (χ4v) is 2.83. The molecule has 1 aromatic carbocycles. The van der Waals surface area contributed by atoms with Crippen molar-refractivity contribution in [1.82, 2.24) is 4.90 Å². The number of nitrogens with one attached hydrogen (secondary N) is 1. The number of carbonyl (C=O) groups is 1. The molecular formula is C16H20N2O2S. The average molecular weight is 304 g/mol. The molecule has 0 aliphatic rings. The summed E-state index contributed by atoms with van der Waals surface area (Å²) in [5.74, 6) is 0.752. The van der Waals surface area contributed by atoms with Gasteiger partial charge in [0.15, 0.2) is 0 Å². The van der Waals surface area contributed by atoms with Gasteiger partial charge in [-0.15, -0.1) is 11.3 Å². The van der Waals surface area contributed by atoms with Crippen molar-refractivity contribution in [1.29, 1.82) is 0 Å². The zero-order valence-corrected chi connectivity index (χ0v) is 13.3. The van der Waals surface area contributed by atoms with Crippen molar-refractivity contribution in [3.05, 3.63) is 46.7 Å². The minimum absolute atomic E-state index is 0.0222. The largest absolute Gasteiger partial charge is 0.497 e. The van der Waals surface area contributed by atoms with Gasteiger partial charge in [0.05, 0.1) is 13.7 Å². The number of rotatable bonds is 6. The molecule has 1 aromatic heterocycles. The molecule has 21 heavy (non-hydrogen) atoms. The molecule has 0 bridgehead atoms. The molecule has 1 unspecified atom stereocenters. The first-order valence-corrected chi connectivity index (χ1v) is 7.65. The maximum Gasteiger partial charge on any atom is 0.238 e. The van der Waals surface area contributed by atoms with Gasteiger partial charge in [-0.25, -0.2) is 0 Å². The summed E-state index contributed by atoms with van der Waals surface area (Å²) in [4.78, 5) is 15.4. The minimum Gasteiger partial charge on any atom is -0.497 e. The highest BCUT2D eigenvalue weighted by atomic mass is 32.1. The Bertz CT molecular complexity index is 566. The van der Waals surface area contributed by atoms with Gasteiger partial charge in [0.1, 0.15) is 5.75 Å². The predicted molar refractivity (Wildman–Crippen MR) is 87.0 cm³/mol. The fourth-order valence-electron chi connectivity index (χ4n) is 1.98. The lowest BCUT2D eigenvalue weighted by molar-refractivity contribution is -0.117. The number of benzene rings is 1. The summed E-state index contributed by atoms with van der Waals surface area (Å²) >= 11 is 1.71. The molecule has 1 heterocycles. The second-order valence-electron chi connectivity index (χ2n) is 4.88. The molecule has 0 aliphatic heterocycles. The highest BCUT2D eigenvalue weighted by molar-refractivity contribution is 7.10. The van der Waals surface area contributed by atoms with E-state index in [2.05, 4.69) is 23.7 Å². The number of ether oxygens (including phenoxy) is 1. The van der Waals surface area contributed by atoms with Crippen molar-refractivity contribution in [2.24, 2.45) is 0 Å². The van der Waals surface area contributed by atoms with E-state index in [-0.39, 0.29) is 11.9 Å². The highest BCUT2D eigenvalue weighted by Crippen LogP contribution is 2.23. The number of carbonyl (C=O) groups excluding carboxylic acids is 1. The topological polar surface area (TPSA) is 41.6 Å². The van der Waals surface area contributed by atoms with Crippen molar-refractivity contribution < 1.29 is 9.53 Å². The summed E-state index contributed by atoms with van der Waals surface area (Å²) in [6, 6.07) is 11.7. The molecule has 112 valence electrons. The molecular weight excluding hydrogens is 284 g/mol. The number of hydrogen-bond donors (Lipinski definition) is 1. The summed E-state index contributed by atoms with van der Waals surface area (Å²) in [6.07, 6.45) is 0. The van der Waals surface area contributed by atoms with Crippen LogP contribution in [0, 0.1) is 0 Å². The first-order valence-electron chi connectivity index (χ1n) is 6.77. The van der Waals surface area contributed by atoms with Crippen LogP contribution in [-0.4, -0.2) is 31.5 Å². The summed E-state index contributed by atoms with van der Waals surface area (Å²) in [6.45, 7) is 2.46. The summed E-state index contributed by atoms with van der Waals surface area (Å²) < 4.78 is 5.09. The van der Waals surface area contributed by atoms with E-state index < -0.39 is 0 Å². The smallest absolute Gasteiger partial charge is 0.238 e. The maximum atomic E-state index is 12.1. The zero-order valence-electron chi connectivity index (χ0n) is 12.5. The van der Waals surface area contributed by atoms with E-state index in [9.17, 15) is 4.79 Å². The van der Waals surface area contributed by atoms with Crippen LogP contribution in [-0.2, 0) is 4.79 Å². The normalized spacial score (nSPS) is 12.2. The zero-order chi connectivity index (χ0) is 15.2. The predicted octanol–water partition coefficient (Wildman–Crippen LogP) is 3.39. The van der Waals surface area contributed by atoms with E-state index in [1.807, 2.05) is 42.3 Å². The molecule has 0 saturated heterocycles. The van der Waals surface area contributed by atoms with Crippen molar-refractivity contribution in [3.63, 3.8) is 0 Å². The third kappa shape index (κ3) is 4.31. The Hall–Kier alpha value is -1.85. The van der Waals surface area contributed by atoms with Gasteiger partial charge >= 0.3 is 0 Å². The van der Waals surface area contributed by atoms with Gasteiger partial charge in [0.2, 0.25) is 5.91 Å². The molecule has 4 nitrogen and oxygen atoms in total. The molecule has 2 aromatic rings. The van der Waals surface area contributed by atoms with Crippen LogP contribution in [0.25, 0.3) is 0 Å². The van der Waals surface area contributed by atoms with E-state index in [1.54, 1.807) is 18.4 Å². The van der Waals surface area contributed by atoms with Crippen LogP contribution < -0.4 is 10.1 Å². The van der Waals surface area contributed by atoms with Gasteiger partial charge in [0, 0.05) is 16.6 Å². The van der Waals surface area contributed by atoms with Crippen molar-refractivity contribution in [3.8, 4) is 5.75 Å². The van der Waals surface area contributed by atoms with Crippen LogP contribution in [0.15, 0.2) is 41.8 Å². The van der Waals surface area contributed by atoms with Gasteiger partial charge in [-0.1, -0.05) is 6.07 Å². The first-order chi connectivity index (χ1) is 10.1. The molecule has 0 saturated carbocycles. The molecule has 2 rings (SSSR count). The summed E-state index contributed by atoms with van der Waals surface area (Å²) in [7, 11) is 3.58. The quantitative estimate of drug-likeness (QED) is 0.889. The lowest BCUT2D eigenvalue weighted by Crippen LogP contribution is -2.31. The Morgan fingerprint density at radius 2 is 2.05 bits per heavy atom. The molecule has 1 N–H and O–H groups in total. The monoisotopic (exact) mass is 304 g/mol. The van der Waals surface area contributed by atoms with Gasteiger partial charge in [0.25, 0.3) is 0 Å². The molecule has 0 fully saturated rings. The van der Waals surface area contributed by atoms with Crippen LogP contribution >= 0.6 is 11.3 Å². The van der Waals surface area contributed by atoms with Crippen LogP contribution in [0.2, 0.25) is 0 Å². The number of anilines is 1. The van der Waals surface area contributed by atoms with Gasteiger partial charge in [-0.05, 0) is 49.7 Å². The lowest BCUT2D eigenvalue weighted by atomic mass is 10.2. The van der Waals surface area contributed by atoms with E-state index in [1.165, 1.54) is 4.88 Å². The first kappa shape index (κ1) is 15.5. The Labute approximate surface area is 129 Å². The maximum absolute atomic E-state index is 12.1. The third-order valence-electron chi connectivity index (χ3n) is 3.38. The van der Waals surface area contributed by atoms with Crippen molar-refractivity contribution >= 4 is 22.9 Å². The second kappa shape index (κ2) is 7.24. The van der Waals surface area contributed by atoms with Crippen LogP contribution in [0.5, 0.6) is 5.75 Å². The molecule has 1 atom stereocenters. The number of methoxy groups -OCH3 is 1. The standard InChI is InChI=1S/C16H20N2O2S/c1-12(15-5-4-10-21-15)18(2)11-16(19)17-13-6-8-14(20-3)9-7-13/h4-10,12H,11H2,1-3H3,(H,17,19). The molecule has 0 spiro atoms. The summed E-state index contributed by atoms with van der Waals surface area (Å²) in [5, 5.41) is 4.94. The summed E-state index contributed by atoms with van der Waals surface area (Å²) in [5.41, 5.74) is 0.776. The number of nitrogens with zero attached hydrogens (tertiary/aromatic N) is 1. The fraction of sp³-hybridized carbons (Fsp3) is 0.312. The van der Waals surface area contributed by atoms with E-state index in [4.69, 9.17) is 4.74 Å². The highest BCUT2D eigenvalue weighted by Gasteiger charge is 2.15. The van der Waals surface area contributed by atoms with Crippen LogP contribution in [0.1, 0.15) is 17.8 Å².